The number of fused-ring (bicyclic) bond motifs is 1. The molecule has 152 valence electrons. The molecule has 4 nitrogen and oxygen atoms in total. The van der Waals surface area contributed by atoms with Crippen LogP contribution >= 0.6 is 11.6 Å². The first-order valence-electron chi connectivity index (χ1n) is 10.1. The topological polar surface area (TPSA) is 44.7 Å². The third-order valence-corrected chi connectivity index (χ3v) is 5.54. The van der Waals surface area contributed by atoms with Crippen molar-refractivity contribution in [2.45, 2.75) is 19.0 Å². The van der Waals surface area contributed by atoms with Gasteiger partial charge in [-0.25, -0.2) is 0 Å². The molecule has 0 aliphatic carbocycles. The Hall–Kier alpha value is -2.95. The molecule has 0 aromatic heterocycles. The van der Waals surface area contributed by atoms with Crippen molar-refractivity contribution in [3.8, 4) is 0 Å². The summed E-state index contributed by atoms with van der Waals surface area (Å²) < 4.78 is 0. The first-order valence-corrected chi connectivity index (χ1v) is 10.5. The van der Waals surface area contributed by atoms with Gasteiger partial charge in [0.2, 0.25) is 0 Å². The van der Waals surface area contributed by atoms with E-state index in [9.17, 15) is 4.79 Å². The lowest BCUT2D eigenvalue weighted by molar-refractivity contribution is -0.120. The summed E-state index contributed by atoms with van der Waals surface area (Å²) >= 11 is 5.95. The third kappa shape index (κ3) is 4.45. The van der Waals surface area contributed by atoms with Gasteiger partial charge in [0.1, 0.15) is 0 Å². The Morgan fingerprint density at radius 3 is 2.43 bits per heavy atom. The van der Waals surface area contributed by atoms with Crippen LogP contribution in [0.5, 0.6) is 0 Å². The van der Waals surface area contributed by atoms with Crippen LogP contribution in [0, 0.1) is 0 Å². The van der Waals surface area contributed by atoms with E-state index in [0.29, 0.717) is 6.54 Å². The van der Waals surface area contributed by atoms with E-state index in [0.717, 1.165) is 40.4 Å². The molecule has 0 spiro atoms. The second-order valence-electron chi connectivity index (χ2n) is 7.34. The van der Waals surface area contributed by atoms with E-state index in [2.05, 4.69) is 5.32 Å². The van der Waals surface area contributed by atoms with Gasteiger partial charge in [0, 0.05) is 23.2 Å². The molecule has 1 amide bonds. The lowest BCUT2D eigenvalue weighted by Gasteiger charge is -2.21. The first-order chi connectivity index (χ1) is 14.6. The van der Waals surface area contributed by atoms with Crippen molar-refractivity contribution in [1.82, 2.24) is 5.32 Å². The summed E-state index contributed by atoms with van der Waals surface area (Å²) in [5, 5.41) is 4.10. The average Bonchev–Trinajstić information content (AvgIpc) is 2.89. The Kier molecular flexibility index (Phi) is 6.26. The van der Waals surface area contributed by atoms with Gasteiger partial charge in [-0.2, -0.15) is 0 Å². The maximum atomic E-state index is 13.1. The van der Waals surface area contributed by atoms with Crippen molar-refractivity contribution in [3.05, 3.63) is 101 Å². The zero-order valence-electron chi connectivity index (χ0n) is 16.9. The summed E-state index contributed by atoms with van der Waals surface area (Å²) in [6.45, 7) is 0.689. The van der Waals surface area contributed by atoms with E-state index in [1.54, 1.807) is 4.90 Å². The van der Waals surface area contributed by atoms with Gasteiger partial charge in [0.25, 0.3) is 5.91 Å². The zero-order valence-corrected chi connectivity index (χ0v) is 17.6. The van der Waals surface area contributed by atoms with Crippen LogP contribution < -0.4 is 10.2 Å². The minimum atomic E-state index is -0.622. The monoisotopic (exact) mass is 417 g/mol. The highest BCUT2D eigenvalue weighted by Gasteiger charge is 2.29. The molecule has 1 aliphatic heterocycles. The van der Waals surface area contributed by atoms with Crippen LogP contribution in [-0.4, -0.2) is 31.4 Å². The number of amides is 1. The standard InChI is InChI=1S/C25H24ClN3O/c1-29-22-12-6-5-11-21(22)23(19-9-3-2-4-10-19)28-24(25(29)30)27-17-7-8-18-13-15-20(26)16-14-18/h2-6,9-16,24,27H,7-8,17H2,1H3/t24-/m1/s1. The average molecular weight is 418 g/mol. The summed E-state index contributed by atoms with van der Waals surface area (Å²) in [7, 11) is 1.81. The van der Waals surface area contributed by atoms with Gasteiger partial charge in [-0.05, 0) is 43.1 Å². The molecule has 1 heterocycles. The van der Waals surface area contributed by atoms with Crippen molar-refractivity contribution in [2.24, 2.45) is 4.99 Å². The molecule has 4 rings (SSSR count). The number of aliphatic imine (C=N–C) groups is 1. The Labute approximate surface area is 182 Å². The van der Waals surface area contributed by atoms with Crippen molar-refractivity contribution < 1.29 is 4.79 Å². The molecule has 3 aromatic carbocycles. The number of benzene rings is 3. The van der Waals surface area contributed by atoms with Gasteiger partial charge in [-0.15, -0.1) is 0 Å². The van der Waals surface area contributed by atoms with E-state index in [1.807, 2.05) is 85.9 Å². The van der Waals surface area contributed by atoms with Crippen LogP contribution in [0.15, 0.2) is 83.9 Å². The number of nitrogens with one attached hydrogen (secondary N) is 1. The van der Waals surface area contributed by atoms with Crippen molar-refractivity contribution in [2.75, 3.05) is 18.5 Å². The number of nitrogens with zero attached hydrogens (tertiary/aromatic N) is 2. The molecule has 30 heavy (non-hydrogen) atoms. The molecule has 0 bridgehead atoms. The highest BCUT2D eigenvalue weighted by atomic mass is 35.5. The predicted octanol–water partition coefficient (Wildman–Crippen LogP) is 4.70. The first kappa shape index (κ1) is 20.3. The van der Waals surface area contributed by atoms with Gasteiger partial charge in [0.15, 0.2) is 6.17 Å². The lowest BCUT2D eigenvalue weighted by Crippen LogP contribution is -2.44. The molecular weight excluding hydrogens is 394 g/mol. The van der Waals surface area contributed by atoms with Gasteiger partial charge >= 0.3 is 0 Å². The molecule has 1 aliphatic rings. The van der Waals surface area contributed by atoms with Crippen LogP contribution in [0.4, 0.5) is 5.69 Å². The maximum Gasteiger partial charge on any atom is 0.266 e. The number of likely N-dealkylation sites (N-methyl/N-ethyl adjacent to an activating group) is 1. The number of hydrogen-bond donors (Lipinski definition) is 1. The quantitative estimate of drug-likeness (QED) is 0.591. The van der Waals surface area contributed by atoms with Crippen LogP contribution in [0.3, 0.4) is 0 Å². The van der Waals surface area contributed by atoms with Gasteiger partial charge < -0.3 is 4.90 Å². The summed E-state index contributed by atoms with van der Waals surface area (Å²) in [6.07, 6.45) is 1.19. The third-order valence-electron chi connectivity index (χ3n) is 5.28. The molecule has 3 aromatic rings. The number of aryl methyl sites for hydroxylation is 1. The molecule has 1 N–H and O–H groups in total. The van der Waals surface area contributed by atoms with Crippen LogP contribution in [0.25, 0.3) is 0 Å². The molecular formula is C25H24ClN3O. The summed E-state index contributed by atoms with van der Waals surface area (Å²) in [5.41, 5.74) is 4.90. The van der Waals surface area contributed by atoms with Gasteiger partial charge in [-0.3, -0.25) is 15.1 Å². The maximum absolute atomic E-state index is 13.1. The number of rotatable bonds is 6. The van der Waals surface area contributed by atoms with E-state index in [-0.39, 0.29) is 5.91 Å². The second kappa shape index (κ2) is 9.24. The van der Waals surface area contributed by atoms with Crippen LogP contribution in [0.1, 0.15) is 23.1 Å². The highest BCUT2D eigenvalue weighted by Crippen LogP contribution is 2.27. The van der Waals surface area contributed by atoms with E-state index in [1.165, 1.54) is 5.56 Å². The largest absolute Gasteiger partial charge is 0.312 e. The summed E-state index contributed by atoms with van der Waals surface area (Å²) in [5.74, 6) is -0.0557. The zero-order chi connectivity index (χ0) is 20.9. The predicted molar refractivity (Wildman–Crippen MR) is 123 cm³/mol. The number of hydrogen-bond acceptors (Lipinski definition) is 3. The smallest absolute Gasteiger partial charge is 0.266 e. The summed E-state index contributed by atoms with van der Waals surface area (Å²) in [4.78, 5) is 19.7. The molecule has 0 saturated carbocycles. The number of carbonyl (C=O) groups is 1. The Morgan fingerprint density at radius 2 is 1.67 bits per heavy atom. The Bertz CT molecular complexity index is 1050. The number of carbonyl (C=O) groups excluding carboxylic acids is 1. The number of halogens is 1. The minimum Gasteiger partial charge on any atom is -0.312 e. The number of benzodiazepines with no additional fused rings is 1. The minimum absolute atomic E-state index is 0.0557. The lowest BCUT2D eigenvalue weighted by atomic mass is 10.0. The molecule has 0 radical (unpaired) electrons. The number of anilines is 1. The number of para-hydroxylation sites is 1. The molecule has 0 fully saturated rings. The molecule has 5 heteroatoms. The van der Waals surface area contributed by atoms with Crippen molar-refractivity contribution in [3.63, 3.8) is 0 Å². The van der Waals surface area contributed by atoms with E-state index in [4.69, 9.17) is 16.6 Å². The SMILES string of the molecule is CN1C(=O)[C@H](NCCCc2ccc(Cl)cc2)N=C(c2ccccc2)c2ccccc21. The molecule has 0 saturated heterocycles. The fourth-order valence-electron chi connectivity index (χ4n) is 3.66. The Balaban J connectivity index is 1.55. The van der Waals surface area contributed by atoms with Gasteiger partial charge in [0.05, 0.1) is 11.4 Å². The Morgan fingerprint density at radius 1 is 0.967 bits per heavy atom. The molecule has 1 atom stereocenters. The fraction of sp³-hybridized carbons (Fsp3) is 0.200. The second-order valence-corrected chi connectivity index (χ2v) is 7.78. The van der Waals surface area contributed by atoms with Crippen LogP contribution in [-0.2, 0) is 11.2 Å². The van der Waals surface area contributed by atoms with E-state index < -0.39 is 6.17 Å². The normalized spacial score (nSPS) is 16.1. The van der Waals surface area contributed by atoms with Crippen LogP contribution in [0.2, 0.25) is 5.02 Å². The van der Waals surface area contributed by atoms with Crippen molar-refractivity contribution >= 4 is 28.9 Å². The van der Waals surface area contributed by atoms with Gasteiger partial charge in [-0.1, -0.05) is 72.3 Å². The van der Waals surface area contributed by atoms with E-state index >= 15 is 0 Å². The molecule has 0 unspecified atom stereocenters. The summed E-state index contributed by atoms with van der Waals surface area (Å²) in [6, 6.07) is 25.8. The highest BCUT2D eigenvalue weighted by molar-refractivity contribution is 6.30. The van der Waals surface area contributed by atoms with Crippen molar-refractivity contribution in [1.29, 1.82) is 0 Å². The fourth-order valence-corrected chi connectivity index (χ4v) is 3.79.